The molecule has 0 amide bonds. The molecule has 0 radical (unpaired) electrons. The summed E-state index contributed by atoms with van der Waals surface area (Å²) >= 11 is 3.90. The summed E-state index contributed by atoms with van der Waals surface area (Å²) in [5.74, 6) is 0.750. The van der Waals surface area contributed by atoms with E-state index in [1.54, 1.807) is 0 Å². The SMILES string of the molecule is Br[C@H](c1ccccc1)[C@H](c1ccccc1)n1nnnc1-c1ccccc1. The van der Waals surface area contributed by atoms with Gasteiger partial charge in [-0.05, 0) is 21.6 Å². The van der Waals surface area contributed by atoms with E-state index in [-0.39, 0.29) is 10.9 Å². The second-order valence-electron chi connectivity index (χ2n) is 5.98. The molecule has 4 rings (SSSR count). The average Bonchev–Trinajstić information content (AvgIpc) is 3.19. The maximum atomic E-state index is 4.34. The van der Waals surface area contributed by atoms with E-state index in [1.165, 1.54) is 5.56 Å². The average molecular weight is 405 g/mol. The van der Waals surface area contributed by atoms with E-state index in [1.807, 2.05) is 71.4 Å². The fraction of sp³-hybridized carbons (Fsp3) is 0.0952. The Kier molecular flexibility index (Phi) is 4.88. The number of halogens is 1. The quantitative estimate of drug-likeness (QED) is 0.436. The Morgan fingerprint density at radius 2 is 1.23 bits per heavy atom. The zero-order valence-corrected chi connectivity index (χ0v) is 15.6. The number of alkyl halides is 1. The van der Waals surface area contributed by atoms with Crippen LogP contribution in [0.3, 0.4) is 0 Å². The Morgan fingerprint density at radius 1 is 0.692 bits per heavy atom. The van der Waals surface area contributed by atoms with Gasteiger partial charge in [-0.3, -0.25) is 0 Å². The highest BCUT2D eigenvalue weighted by molar-refractivity contribution is 9.09. The number of aromatic nitrogens is 4. The van der Waals surface area contributed by atoms with Crippen LogP contribution in [0, 0.1) is 0 Å². The first-order chi connectivity index (χ1) is 12.8. The van der Waals surface area contributed by atoms with Crippen LogP contribution >= 0.6 is 15.9 Å². The second kappa shape index (κ2) is 7.62. The third-order valence-corrected chi connectivity index (χ3v) is 5.35. The van der Waals surface area contributed by atoms with Gasteiger partial charge in [-0.1, -0.05) is 107 Å². The molecule has 0 saturated heterocycles. The molecule has 3 aromatic carbocycles. The van der Waals surface area contributed by atoms with Gasteiger partial charge < -0.3 is 0 Å². The molecule has 4 nitrogen and oxygen atoms in total. The van der Waals surface area contributed by atoms with Crippen LogP contribution < -0.4 is 0 Å². The molecule has 0 aliphatic carbocycles. The summed E-state index contributed by atoms with van der Waals surface area (Å²) < 4.78 is 1.90. The number of tetrazole rings is 1. The smallest absolute Gasteiger partial charge is 0.182 e. The van der Waals surface area contributed by atoms with Crippen LogP contribution in [0.1, 0.15) is 22.0 Å². The molecule has 4 aromatic rings. The molecule has 2 atom stereocenters. The summed E-state index contributed by atoms with van der Waals surface area (Å²) in [5.41, 5.74) is 3.31. The fourth-order valence-corrected chi connectivity index (χ4v) is 3.90. The minimum absolute atomic E-state index is 0.0251. The largest absolute Gasteiger partial charge is 0.216 e. The Bertz CT molecular complexity index is 955. The summed E-state index contributed by atoms with van der Waals surface area (Å²) in [5, 5.41) is 12.6. The number of rotatable bonds is 5. The van der Waals surface area contributed by atoms with Gasteiger partial charge in [0.2, 0.25) is 0 Å². The normalized spacial score (nSPS) is 13.3. The number of nitrogens with zero attached hydrogens (tertiary/aromatic N) is 4. The first-order valence-electron chi connectivity index (χ1n) is 8.42. The molecule has 26 heavy (non-hydrogen) atoms. The fourth-order valence-electron chi connectivity index (χ4n) is 3.06. The predicted molar refractivity (Wildman–Crippen MR) is 106 cm³/mol. The number of benzene rings is 3. The molecule has 128 valence electrons. The zero-order chi connectivity index (χ0) is 17.8. The monoisotopic (exact) mass is 404 g/mol. The molecule has 0 spiro atoms. The summed E-state index contributed by atoms with van der Waals surface area (Å²) in [4.78, 5) is 0.0251. The first-order valence-corrected chi connectivity index (χ1v) is 9.33. The van der Waals surface area contributed by atoms with Crippen LogP contribution in [0.15, 0.2) is 91.0 Å². The van der Waals surface area contributed by atoms with Gasteiger partial charge >= 0.3 is 0 Å². The molecule has 0 aliphatic rings. The standard InChI is InChI=1S/C21H17BrN4/c22-19(16-10-4-1-5-11-16)20(17-12-6-2-7-13-17)26-21(23-24-25-26)18-14-8-3-9-15-18/h1-15,19-20H/t19-,20+/m1/s1. The van der Waals surface area contributed by atoms with Gasteiger partial charge in [-0.2, -0.15) is 0 Å². The van der Waals surface area contributed by atoms with Gasteiger partial charge in [0.1, 0.15) is 0 Å². The van der Waals surface area contributed by atoms with E-state index in [9.17, 15) is 0 Å². The van der Waals surface area contributed by atoms with Crippen molar-refractivity contribution in [2.45, 2.75) is 10.9 Å². The molecule has 5 heteroatoms. The summed E-state index contributed by atoms with van der Waals surface area (Å²) in [6.07, 6.45) is 0. The van der Waals surface area contributed by atoms with Crippen molar-refractivity contribution >= 4 is 15.9 Å². The van der Waals surface area contributed by atoms with Crippen molar-refractivity contribution < 1.29 is 0 Å². The van der Waals surface area contributed by atoms with Gasteiger partial charge in [0.25, 0.3) is 0 Å². The lowest BCUT2D eigenvalue weighted by molar-refractivity contribution is 0.505. The molecular formula is C21H17BrN4. The van der Waals surface area contributed by atoms with Crippen molar-refractivity contribution in [1.82, 2.24) is 20.2 Å². The lowest BCUT2D eigenvalue weighted by Crippen LogP contribution is -2.18. The van der Waals surface area contributed by atoms with Crippen LogP contribution in [0.25, 0.3) is 11.4 Å². The molecule has 0 aliphatic heterocycles. The third kappa shape index (κ3) is 3.30. The van der Waals surface area contributed by atoms with Crippen molar-refractivity contribution in [3.05, 3.63) is 102 Å². The lowest BCUT2D eigenvalue weighted by Gasteiger charge is -2.24. The van der Waals surface area contributed by atoms with E-state index in [0.29, 0.717) is 0 Å². The molecule has 0 saturated carbocycles. The summed E-state index contributed by atoms with van der Waals surface area (Å²) in [6, 6.07) is 30.6. The molecule has 1 heterocycles. The predicted octanol–water partition coefficient (Wildman–Crippen LogP) is 5.07. The van der Waals surface area contributed by atoms with Crippen molar-refractivity contribution in [2.75, 3.05) is 0 Å². The van der Waals surface area contributed by atoms with Crippen LogP contribution in [0.2, 0.25) is 0 Å². The third-order valence-electron chi connectivity index (χ3n) is 4.32. The van der Waals surface area contributed by atoms with Gasteiger partial charge in [-0.25, -0.2) is 4.68 Å². The molecule has 0 fully saturated rings. The van der Waals surface area contributed by atoms with Crippen molar-refractivity contribution in [1.29, 1.82) is 0 Å². The van der Waals surface area contributed by atoms with Gasteiger partial charge in [0, 0.05) is 5.56 Å². The van der Waals surface area contributed by atoms with E-state index < -0.39 is 0 Å². The maximum absolute atomic E-state index is 4.34. The van der Waals surface area contributed by atoms with Crippen LogP contribution in [-0.2, 0) is 0 Å². The molecule has 1 aromatic heterocycles. The van der Waals surface area contributed by atoms with Crippen LogP contribution in [0.4, 0.5) is 0 Å². The molecule has 0 N–H and O–H groups in total. The zero-order valence-electron chi connectivity index (χ0n) is 14.0. The topological polar surface area (TPSA) is 43.6 Å². The highest BCUT2D eigenvalue weighted by Crippen LogP contribution is 2.40. The minimum Gasteiger partial charge on any atom is -0.216 e. The van der Waals surface area contributed by atoms with Crippen LogP contribution in [-0.4, -0.2) is 20.2 Å². The van der Waals surface area contributed by atoms with Crippen molar-refractivity contribution in [3.63, 3.8) is 0 Å². The summed E-state index contributed by atoms with van der Waals surface area (Å²) in [6.45, 7) is 0. The number of hydrogen-bond acceptors (Lipinski definition) is 3. The van der Waals surface area contributed by atoms with Crippen molar-refractivity contribution in [2.24, 2.45) is 0 Å². The second-order valence-corrected chi connectivity index (χ2v) is 6.97. The Labute approximate surface area is 160 Å². The lowest BCUT2D eigenvalue weighted by atomic mass is 9.98. The molecular weight excluding hydrogens is 388 g/mol. The van der Waals surface area contributed by atoms with Gasteiger partial charge in [0.05, 0.1) is 10.9 Å². The molecule has 0 bridgehead atoms. The Morgan fingerprint density at radius 3 is 1.85 bits per heavy atom. The first kappa shape index (κ1) is 16.7. The van der Waals surface area contributed by atoms with E-state index in [4.69, 9.17) is 0 Å². The van der Waals surface area contributed by atoms with E-state index >= 15 is 0 Å². The highest BCUT2D eigenvalue weighted by atomic mass is 79.9. The van der Waals surface area contributed by atoms with E-state index in [0.717, 1.165) is 17.0 Å². The summed E-state index contributed by atoms with van der Waals surface area (Å²) in [7, 11) is 0. The minimum atomic E-state index is -0.0798. The Balaban J connectivity index is 1.84. The number of hydrogen-bond donors (Lipinski definition) is 0. The molecule has 0 unspecified atom stereocenters. The maximum Gasteiger partial charge on any atom is 0.182 e. The van der Waals surface area contributed by atoms with Gasteiger partial charge in [-0.15, -0.1) is 5.10 Å². The van der Waals surface area contributed by atoms with Crippen LogP contribution in [0.5, 0.6) is 0 Å². The highest BCUT2D eigenvalue weighted by Gasteiger charge is 2.28. The van der Waals surface area contributed by atoms with E-state index in [2.05, 4.69) is 55.7 Å². The van der Waals surface area contributed by atoms with Crippen molar-refractivity contribution in [3.8, 4) is 11.4 Å². The van der Waals surface area contributed by atoms with Gasteiger partial charge in [0.15, 0.2) is 5.82 Å². The Hall–Kier alpha value is -2.79.